The molecule has 0 saturated carbocycles. The summed E-state index contributed by atoms with van der Waals surface area (Å²) in [7, 11) is -1.82. The highest BCUT2D eigenvalue weighted by Gasteiger charge is 2.16. The van der Waals surface area contributed by atoms with E-state index in [9.17, 15) is 8.42 Å². The highest BCUT2D eigenvalue weighted by molar-refractivity contribution is 7.89. The molecule has 0 aliphatic heterocycles. The van der Waals surface area contributed by atoms with Gasteiger partial charge in [-0.25, -0.2) is 13.6 Å². The Morgan fingerprint density at radius 1 is 1.17 bits per heavy atom. The van der Waals surface area contributed by atoms with E-state index in [1.807, 2.05) is 31.0 Å². The number of nitrogens with one attached hydrogen (secondary N) is 1. The number of rotatable bonds is 4. The van der Waals surface area contributed by atoms with Gasteiger partial charge in [0, 0.05) is 17.8 Å². The third-order valence-electron chi connectivity index (χ3n) is 3.69. The van der Waals surface area contributed by atoms with Gasteiger partial charge in [0.15, 0.2) is 5.11 Å². The van der Waals surface area contributed by atoms with Gasteiger partial charge in [0.05, 0.1) is 10.9 Å². The Morgan fingerprint density at radius 2 is 1.71 bits per heavy atom. The Morgan fingerprint density at radius 3 is 2.21 bits per heavy atom. The third kappa shape index (κ3) is 4.67. The topological polar surface area (TPSA) is 75.4 Å². The molecule has 2 rings (SSSR count). The van der Waals surface area contributed by atoms with E-state index in [4.69, 9.17) is 29.0 Å². The molecule has 5 nitrogen and oxygen atoms in total. The van der Waals surface area contributed by atoms with Crippen molar-refractivity contribution < 1.29 is 8.42 Å². The molecule has 0 saturated heterocycles. The Kier molecular flexibility index (Phi) is 5.82. The number of nitrogens with zero attached hydrogens (tertiary/aromatic N) is 1. The molecule has 0 aliphatic carbocycles. The molecule has 0 aromatic heterocycles. The summed E-state index contributed by atoms with van der Waals surface area (Å²) in [5, 5.41) is 9.44. The largest absolute Gasteiger partial charge is 0.345 e. The van der Waals surface area contributed by atoms with Crippen LogP contribution in [-0.4, -0.2) is 25.5 Å². The van der Waals surface area contributed by atoms with Crippen molar-refractivity contribution in [3.8, 4) is 0 Å². The first-order chi connectivity index (χ1) is 11.2. The lowest BCUT2D eigenvalue weighted by atomic mass is 10.1. The van der Waals surface area contributed by atoms with E-state index >= 15 is 0 Å². The van der Waals surface area contributed by atoms with E-state index in [-0.39, 0.29) is 10.9 Å². The van der Waals surface area contributed by atoms with Crippen LogP contribution in [0.3, 0.4) is 0 Å². The molecule has 0 unspecified atom stereocenters. The van der Waals surface area contributed by atoms with Crippen molar-refractivity contribution in [1.82, 2.24) is 4.90 Å². The van der Waals surface area contributed by atoms with Crippen LogP contribution in [0.4, 0.5) is 5.69 Å². The van der Waals surface area contributed by atoms with Crippen molar-refractivity contribution in [2.24, 2.45) is 5.14 Å². The van der Waals surface area contributed by atoms with Gasteiger partial charge in [0.2, 0.25) is 10.0 Å². The van der Waals surface area contributed by atoms with Gasteiger partial charge in [-0.15, -0.1) is 0 Å². The number of benzene rings is 2. The van der Waals surface area contributed by atoms with Crippen LogP contribution < -0.4 is 10.5 Å². The van der Waals surface area contributed by atoms with Crippen molar-refractivity contribution in [3.63, 3.8) is 0 Å². The Labute approximate surface area is 152 Å². The SMILES string of the molecule is C[C@@H](c1ccc(S(N)(=O)=O)cc1)N(C)C(=S)Nc1ccc(Cl)cc1. The minimum atomic E-state index is -3.69. The molecule has 1 atom stereocenters. The van der Waals surface area contributed by atoms with E-state index in [1.54, 1.807) is 24.3 Å². The van der Waals surface area contributed by atoms with E-state index in [2.05, 4.69) is 5.32 Å². The van der Waals surface area contributed by atoms with E-state index in [0.29, 0.717) is 10.1 Å². The minimum absolute atomic E-state index is 0.0492. The normalized spacial score (nSPS) is 12.5. The Balaban J connectivity index is 2.09. The summed E-state index contributed by atoms with van der Waals surface area (Å²) >= 11 is 11.3. The van der Waals surface area contributed by atoms with Gasteiger partial charge in [-0.3, -0.25) is 0 Å². The molecule has 3 N–H and O–H groups in total. The number of halogens is 1. The van der Waals surface area contributed by atoms with Crippen molar-refractivity contribution in [2.75, 3.05) is 12.4 Å². The summed E-state index contributed by atoms with van der Waals surface area (Å²) < 4.78 is 22.6. The molecule has 0 aliphatic rings. The van der Waals surface area contributed by atoms with Gasteiger partial charge in [-0.05, 0) is 61.1 Å². The molecule has 0 spiro atoms. The van der Waals surface area contributed by atoms with Crippen LogP contribution in [-0.2, 0) is 10.0 Å². The average molecular weight is 384 g/mol. The van der Waals surface area contributed by atoms with E-state index in [0.717, 1.165) is 11.3 Å². The molecule has 8 heteroatoms. The van der Waals surface area contributed by atoms with E-state index in [1.165, 1.54) is 12.1 Å². The van der Waals surface area contributed by atoms with Gasteiger partial charge in [0.25, 0.3) is 0 Å². The molecule has 24 heavy (non-hydrogen) atoms. The number of anilines is 1. The molecule has 2 aromatic carbocycles. The predicted octanol–water partition coefficient (Wildman–Crippen LogP) is 3.38. The fourth-order valence-electron chi connectivity index (χ4n) is 2.08. The van der Waals surface area contributed by atoms with Crippen molar-refractivity contribution in [2.45, 2.75) is 17.9 Å². The van der Waals surface area contributed by atoms with Gasteiger partial charge < -0.3 is 10.2 Å². The average Bonchev–Trinajstić information content (AvgIpc) is 2.55. The number of sulfonamides is 1. The summed E-state index contributed by atoms with van der Waals surface area (Å²) in [6.45, 7) is 1.97. The monoisotopic (exact) mass is 383 g/mol. The second-order valence-electron chi connectivity index (χ2n) is 5.34. The molecular weight excluding hydrogens is 366 g/mol. The van der Waals surface area contributed by atoms with Gasteiger partial charge in [-0.2, -0.15) is 0 Å². The maximum Gasteiger partial charge on any atom is 0.238 e. The van der Waals surface area contributed by atoms with Crippen LogP contribution in [0, 0.1) is 0 Å². The minimum Gasteiger partial charge on any atom is -0.345 e. The number of nitrogens with two attached hydrogens (primary N) is 1. The first kappa shape index (κ1) is 18.7. The predicted molar refractivity (Wildman–Crippen MR) is 102 cm³/mol. The number of hydrogen-bond acceptors (Lipinski definition) is 3. The summed E-state index contributed by atoms with van der Waals surface area (Å²) in [4.78, 5) is 1.97. The lowest BCUT2D eigenvalue weighted by molar-refractivity contribution is 0.408. The zero-order valence-corrected chi connectivity index (χ0v) is 15.6. The van der Waals surface area contributed by atoms with Crippen LogP contribution in [0.25, 0.3) is 0 Å². The lowest BCUT2D eigenvalue weighted by Crippen LogP contribution is -2.33. The zero-order chi connectivity index (χ0) is 17.9. The number of hydrogen-bond donors (Lipinski definition) is 2. The molecule has 0 amide bonds. The first-order valence-electron chi connectivity index (χ1n) is 7.10. The van der Waals surface area contributed by atoms with Gasteiger partial charge in [-0.1, -0.05) is 23.7 Å². The van der Waals surface area contributed by atoms with Crippen molar-refractivity contribution in [1.29, 1.82) is 0 Å². The molecule has 128 valence electrons. The fourth-order valence-corrected chi connectivity index (χ4v) is 3.00. The third-order valence-corrected chi connectivity index (χ3v) is 5.26. The highest BCUT2D eigenvalue weighted by Crippen LogP contribution is 2.22. The van der Waals surface area contributed by atoms with Crippen LogP contribution in [0.1, 0.15) is 18.5 Å². The van der Waals surface area contributed by atoms with Gasteiger partial charge in [0.1, 0.15) is 0 Å². The van der Waals surface area contributed by atoms with Crippen LogP contribution in [0.5, 0.6) is 0 Å². The Hall–Kier alpha value is -1.67. The molecule has 2 aromatic rings. The first-order valence-corrected chi connectivity index (χ1v) is 9.44. The highest BCUT2D eigenvalue weighted by atomic mass is 35.5. The standard InChI is InChI=1S/C16H18ClN3O2S2/c1-11(12-3-9-15(10-4-12)24(18,21)22)20(2)16(23)19-14-7-5-13(17)6-8-14/h3-11H,1-2H3,(H,19,23)(H2,18,21,22)/t11-/m0/s1. The quantitative estimate of drug-likeness (QED) is 0.791. The molecule has 0 radical (unpaired) electrons. The molecule has 0 heterocycles. The maximum absolute atomic E-state index is 11.3. The van der Waals surface area contributed by atoms with Crippen molar-refractivity contribution >= 4 is 44.6 Å². The molecular formula is C16H18ClN3O2S2. The van der Waals surface area contributed by atoms with Gasteiger partial charge >= 0.3 is 0 Å². The summed E-state index contributed by atoms with van der Waals surface area (Å²) in [6, 6.07) is 13.6. The smallest absolute Gasteiger partial charge is 0.238 e. The van der Waals surface area contributed by atoms with Crippen LogP contribution >= 0.6 is 23.8 Å². The van der Waals surface area contributed by atoms with Crippen molar-refractivity contribution in [3.05, 3.63) is 59.1 Å². The number of thiocarbonyl (C=S) groups is 1. The van der Waals surface area contributed by atoms with Crippen LogP contribution in [0.15, 0.2) is 53.4 Å². The summed E-state index contributed by atoms with van der Waals surface area (Å²) in [5.41, 5.74) is 1.76. The van der Waals surface area contributed by atoms with E-state index < -0.39 is 10.0 Å². The second-order valence-corrected chi connectivity index (χ2v) is 7.72. The summed E-state index contributed by atoms with van der Waals surface area (Å²) in [6.07, 6.45) is 0. The molecule has 0 bridgehead atoms. The molecule has 0 fully saturated rings. The Bertz CT molecular complexity index is 821. The van der Waals surface area contributed by atoms with Crippen LogP contribution in [0.2, 0.25) is 5.02 Å². The fraction of sp³-hybridized carbons (Fsp3) is 0.188. The lowest BCUT2D eigenvalue weighted by Gasteiger charge is -2.28. The summed E-state index contributed by atoms with van der Waals surface area (Å²) in [5.74, 6) is 0. The second kappa shape index (κ2) is 7.48. The number of primary sulfonamides is 1. The zero-order valence-electron chi connectivity index (χ0n) is 13.2. The maximum atomic E-state index is 11.3.